The standard InChI is InChI=1S/C10H17N3OS/c1-3-8(11)9(6-14)15-10-12-5-4-7(2)13-10/h4-5,8-9,14H,3,6,11H2,1-2H3. The van der Waals surface area contributed by atoms with Crippen molar-refractivity contribution in [3.05, 3.63) is 18.0 Å². The van der Waals surface area contributed by atoms with Gasteiger partial charge in [-0.2, -0.15) is 0 Å². The summed E-state index contributed by atoms with van der Waals surface area (Å²) in [5, 5.41) is 9.85. The maximum absolute atomic E-state index is 9.20. The zero-order chi connectivity index (χ0) is 11.3. The molecule has 0 aromatic carbocycles. The molecule has 2 atom stereocenters. The fraction of sp³-hybridized carbons (Fsp3) is 0.600. The van der Waals surface area contributed by atoms with E-state index in [1.54, 1.807) is 6.20 Å². The molecule has 0 saturated heterocycles. The van der Waals surface area contributed by atoms with Crippen LogP contribution in [-0.2, 0) is 0 Å². The van der Waals surface area contributed by atoms with Gasteiger partial charge in [-0.1, -0.05) is 18.7 Å². The van der Waals surface area contributed by atoms with Gasteiger partial charge in [-0.25, -0.2) is 9.97 Å². The number of nitrogens with two attached hydrogens (primary N) is 1. The minimum absolute atomic E-state index is 0.0240. The molecule has 3 N–H and O–H groups in total. The lowest BCUT2D eigenvalue weighted by atomic mass is 10.2. The normalized spacial score (nSPS) is 14.9. The van der Waals surface area contributed by atoms with Crippen molar-refractivity contribution in [1.29, 1.82) is 0 Å². The molecule has 0 aliphatic carbocycles. The number of hydrogen-bond acceptors (Lipinski definition) is 5. The van der Waals surface area contributed by atoms with Crippen molar-refractivity contribution in [2.75, 3.05) is 6.61 Å². The molecular formula is C10H17N3OS. The maximum Gasteiger partial charge on any atom is 0.188 e. The zero-order valence-corrected chi connectivity index (χ0v) is 9.87. The van der Waals surface area contributed by atoms with Crippen LogP contribution in [0.1, 0.15) is 19.0 Å². The Labute approximate surface area is 94.3 Å². The molecule has 0 radical (unpaired) electrons. The minimum atomic E-state index is -0.0307. The summed E-state index contributed by atoms with van der Waals surface area (Å²) in [4.78, 5) is 8.39. The van der Waals surface area contributed by atoms with Crippen LogP contribution in [0.3, 0.4) is 0 Å². The molecular weight excluding hydrogens is 210 g/mol. The first-order valence-electron chi connectivity index (χ1n) is 5.00. The SMILES string of the molecule is CCC(N)C(CO)Sc1nccc(C)n1. The minimum Gasteiger partial charge on any atom is -0.395 e. The Balaban J connectivity index is 2.66. The maximum atomic E-state index is 9.20. The van der Waals surface area contributed by atoms with Crippen LogP contribution in [0.4, 0.5) is 0 Å². The average Bonchev–Trinajstić information content (AvgIpc) is 2.25. The average molecular weight is 227 g/mol. The summed E-state index contributed by atoms with van der Waals surface area (Å²) in [6, 6.07) is 1.82. The summed E-state index contributed by atoms with van der Waals surface area (Å²) in [7, 11) is 0. The van der Waals surface area contributed by atoms with E-state index in [9.17, 15) is 5.11 Å². The molecule has 1 aromatic heterocycles. The second kappa shape index (κ2) is 6.05. The summed E-state index contributed by atoms with van der Waals surface area (Å²) in [6.07, 6.45) is 2.56. The molecule has 5 heteroatoms. The van der Waals surface area contributed by atoms with E-state index < -0.39 is 0 Å². The lowest BCUT2D eigenvalue weighted by Gasteiger charge is -2.18. The second-order valence-corrected chi connectivity index (χ2v) is 4.60. The number of nitrogens with zero attached hydrogens (tertiary/aromatic N) is 2. The molecule has 1 rings (SSSR count). The molecule has 0 spiro atoms. The van der Waals surface area contributed by atoms with Crippen molar-refractivity contribution in [1.82, 2.24) is 9.97 Å². The summed E-state index contributed by atoms with van der Waals surface area (Å²) < 4.78 is 0. The highest BCUT2D eigenvalue weighted by atomic mass is 32.2. The summed E-state index contributed by atoms with van der Waals surface area (Å²) in [5.41, 5.74) is 6.80. The number of aliphatic hydroxyl groups is 1. The lowest BCUT2D eigenvalue weighted by molar-refractivity contribution is 0.281. The molecule has 2 unspecified atom stereocenters. The predicted molar refractivity (Wildman–Crippen MR) is 61.8 cm³/mol. The largest absolute Gasteiger partial charge is 0.395 e. The molecule has 0 fully saturated rings. The van der Waals surface area contributed by atoms with Gasteiger partial charge in [0.25, 0.3) is 0 Å². The molecule has 1 heterocycles. The van der Waals surface area contributed by atoms with Gasteiger partial charge in [0.1, 0.15) is 0 Å². The van der Waals surface area contributed by atoms with Crippen molar-refractivity contribution in [2.24, 2.45) is 5.73 Å². The molecule has 4 nitrogen and oxygen atoms in total. The molecule has 15 heavy (non-hydrogen) atoms. The number of aromatic nitrogens is 2. The van der Waals surface area contributed by atoms with E-state index in [0.29, 0.717) is 5.16 Å². The van der Waals surface area contributed by atoms with E-state index in [4.69, 9.17) is 5.73 Å². The first-order valence-corrected chi connectivity index (χ1v) is 5.88. The van der Waals surface area contributed by atoms with Crippen molar-refractivity contribution in [2.45, 2.75) is 36.7 Å². The predicted octanol–water partition coefficient (Wildman–Crippen LogP) is 0.975. The molecule has 0 amide bonds. The van der Waals surface area contributed by atoms with E-state index >= 15 is 0 Å². The summed E-state index contributed by atoms with van der Waals surface area (Å²) >= 11 is 1.44. The van der Waals surface area contributed by atoms with Crippen LogP contribution < -0.4 is 5.73 Å². The zero-order valence-electron chi connectivity index (χ0n) is 9.05. The van der Waals surface area contributed by atoms with Crippen LogP contribution in [0.5, 0.6) is 0 Å². The Kier molecular flexibility index (Phi) is 5.01. The van der Waals surface area contributed by atoms with Gasteiger partial charge in [-0.15, -0.1) is 0 Å². The van der Waals surface area contributed by atoms with Gasteiger partial charge in [0.05, 0.1) is 11.9 Å². The Morgan fingerprint density at radius 2 is 2.33 bits per heavy atom. The van der Waals surface area contributed by atoms with E-state index in [-0.39, 0.29) is 17.9 Å². The van der Waals surface area contributed by atoms with Gasteiger partial charge in [-0.05, 0) is 19.4 Å². The van der Waals surface area contributed by atoms with Crippen LogP contribution >= 0.6 is 11.8 Å². The van der Waals surface area contributed by atoms with Crippen LogP contribution in [0.15, 0.2) is 17.4 Å². The fourth-order valence-electron chi connectivity index (χ4n) is 1.14. The van der Waals surface area contributed by atoms with Gasteiger partial charge in [0.2, 0.25) is 0 Å². The second-order valence-electron chi connectivity index (χ2n) is 3.39. The number of aliphatic hydroxyl groups excluding tert-OH is 1. The Morgan fingerprint density at radius 3 is 2.87 bits per heavy atom. The topological polar surface area (TPSA) is 72.0 Å². The van der Waals surface area contributed by atoms with E-state index in [0.717, 1.165) is 12.1 Å². The third-order valence-electron chi connectivity index (χ3n) is 2.16. The highest BCUT2D eigenvalue weighted by Crippen LogP contribution is 2.21. The van der Waals surface area contributed by atoms with Crippen molar-refractivity contribution < 1.29 is 5.11 Å². The fourth-order valence-corrected chi connectivity index (χ4v) is 2.17. The summed E-state index contributed by atoms with van der Waals surface area (Å²) in [6.45, 7) is 3.97. The molecule has 84 valence electrons. The molecule has 0 aliphatic heterocycles. The van der Waals surface area contributed by atoms with Crippen LogP contribution in [0.25, 0.3) is 0 Å². The number of thioether (sulfide) groups is 1. The van der Waals surface area contributed by atoms with Crippen LogP contribution in [0, 0.1) is 6.92 Å². The molecule has 0 bridgehead atoms. The smallest absolute Gasteiger partial charge is 0.188 e. The van der Waals surface area contributed by atoms with Crippen molar-refractivity contribution in [3.63, 3.8) is 0 Å². The Bertz CT molecular complexity index is 308. The van der Waals surface area contributed by atoms with E-state index in [1.807, 2.05) is 19.9 Å². The van der Waals surface area contributed by atoms with Crippen LogP contribution in [0.2, 0.25) is 0 Å². The monoisotopic (exact) mass is 227 g/mol. The number of rotatable bonds is 5. The summed E-state index contributed by atoms with van der Waals surface area (Å²) in [5.74, 6) is 0. The third kappa shape index (κ3) is 3.77. The van der Waals surface area contributed by atoms with Gasteiger partial charge in [-0.3, -0.25) is 0 Å². The van der Waals surface area contributed by atoms with Crippen LogP contribution in [-0.4, -0.2) is 33.0 Å². The molecule has 0 saturated carbocycles. The van der Waals surface area contributed by atoms with E-state index in [2.05, 4.69) is 9.97 Å². The highest BCUT2D eigenvalue weighted by Gasteiger charge is 2.17. The van der Waals surface area contributed by atoms with Gasteiger partial charge < -0.3 is 10.8 Å². The number of aryl methyl sites for hydroxylation is 1. The quantitative estimate of drug-likeness (QED) is 0.579. The van der Waals surface area contributed by atoms with Gasteiger partial charge in [0.15, 0.2) is 5.16 Å². The van der Waals surface area contributed by atoms with Crippen molar-refractivity contribution >= 4 is 11.8 Å². The first kappa shape index (κ1) is 12.4. The van der Waals surface area contributed by atoms with Gasteiger partial charge >= 0.3 is 0 Å². The first-order chi connectivity index (χ1) is 7.17. The Morgan fingerprint density at radius 1 is 1.60 bits per heavy atom. The van der Waals surface area contributed by atoms with Crippen molar-refractivity contribution in [3.8, 4) is 0 Å². The highest BCUT2D eigenvalue weighted by molar-refractivity contribution is 7.99. The Hall–Kier alpha value is -0.650. The lowest BCUT2D eigenvalue weighted by Crippen LogP contribution is -2.34. The molecule has 0 aliphatic rings. The number of hydrogen-bond donors (Lipinski definition) is 2. The molecule has 1 aromatic rings. The van der Waals surface area contributed by atoms with Gasteiger partial charge in [0, 0.05) is 17.9 Å². The van der Waals surface area contributed by atoms with E-state index in [1.165, 1.54) is 11.8 Å². The third-order valence-corrected chi connectivity index (χ3v) is 3.37.